The minimum Gasteiger partial charge on any atom is -0.448 e. The Morgan fingerprint density at radius 3 is 2.88 bits per heavy atom. The zero-order chi connectivity index (χ0) is 18.3. The number of anilines is 1. The van der Waals surface area contributed by atoms with E-state index in [1.54, 1.807) is 6.07 Å². The van der Waals surface area contributed by atoms with E-state index in [1.165, 1.54) is 10.9 Å². The van der Waals surface area contributed by atoms with E-state index < -0.39 is 0 Å². The maximum Gasteiger partial charge on any atom is 0.297 e. The van der Waals surface area contributed by atoms with Crippen molar-refractivity contribution in [2.75, 3.05) is 5.32 Å². The smallest absolute Gasteiger partial charge is 0.297 e. The fourth-order valence-corrected chi connectivity index (χ4v) is 3.49. The minimum atomic E-state index is -0.374. The van der Waals surface area contributed by atoms with Gasteiger partial charge in [0.15, 0.2) is 0 Å². The number of carbonyl (C=O) groups is 1. The summed E-state index contributed by atoms with van der Waals surface area (Å²) in [6.07, 6.45) is 1.38. The maximum absolute atomic E-state index is 12.6. The molecule has 4 rings (SSSR count). The Morgan fingerprint density at radius 1 is 1.27 bits per heavy atom. The zero-order valence-electron chi connectivity index (χ0n) is 13.8. The summed E-state index contributed by atoms with van der Waals surface area (Å²) < 4.78 is 7.97. The first-order valence-corrected chi connectivity index (χ1v) is 9.03. The lowest BCUT2D eigenvalue weighted by Crippen LogP contribution is -2.27. The number of furan rings is 1. The first kappa shape index (κ1) is 16.8. The molecule has 6 nitrogen and oxygen atoms in total. The van der Waals surface area contributed by atoms with Crippen LogP contribution in [0.1, 0.15) is 5.56 Å². The third-order valence-corrected chi connectivity index (χ3v) is 4.80. The first-order valence-electron chi connectivity index (χ1n) is 7.95. The van der Waals surface area contributed by atoms with Crippen LogP contribution in [0.3, 0.4) is 0 Å². The second kappa shape index (κ2) is 6.56. The highest BCUT2D eigenvalue weighted by Gasteiger charge is 2.14. The van der Waals surface area contributed by atoms with Gasteiger partial charge in [0.25, 0.3) is 5.56 Å². The molecule has 0 bridgehead atoms. The van der Waals surface area contributed by atoms with Crippen LogP contribution < -0.4 is 10.9 Å². The molecule has 1 N–H and O–H groups in total. The van der Waals surface area contributed by atoms with Gasteiger partial charge in [-0.3, -0.25) is 14.2 Å². The van der Waals surface area contributed by atoms with E-state index in [1.807, 2.05) is 43.3 Å². The number of aromatic nitrogens is 2. The highest BCUT2D eigenvalue weighted by molar-refractivity contribution is 14.1. The average Bonchev–Trinajstić information content (AvgIpc) is 2.99. The van der Waals surface area contributed by atoms with Crippen LogP contribution in [0.15, 0.2) is 58.0 Å². The van der Waals surface area contributed by atoms with Gasteiger partial charge in [-0.2, -0.15) is 0 Å². The molecule has 0 saturated heterocycles. The van der Waals surface area contributed by atoms with Crippen molar-refractivity contribution in [1.82, 2.24) is 9.55 Å². The van der Waals surface area contributed by atoms with Gasteiger partial charge in [-0.25, -0.2) is 4.98 Å². The summed E-state index contributed by atoms with van der Waals surface area (Å²) in [7, 11) is 0. The van der Waals surface area contributed by atoms with Crippen LogP contribution in [0.25, 0.3) is 22.1 Å². The summed E-state index contributed by atoms with van der Waals surface area (Å²) in [5, 5.41) is 3.61. The van der Waals surface area contributed by atoms with E-state index >= 15 is 0 Å². The quantitative estimate of drug-likeness (QED) is 0.475. The van der Waals surface area contributed by atoms with Gasteiger partial charge >= 0.3 is 0 Å². The molecule has 0 radical (unpaired) electrons. The molecule has 1 amide bonds. The summed E-state index contributed by atoms with van der Waals surface area (Å²) in [5.41, 5.74) is 2.58. The highest BCUT2D eigenvalue weighted by atomic mass is 127. The van der Waals surface area contributed by atoms with Gasteiger partial charge in [0.1, 0.15) is 17.6 Å². The van der Waals surface area contributed by atoms with Gasteiger partial charge in [-0.1, -0.05) is 12.1 Å². The van der Waals surface area contributed by atoms with Crippen molar-refractivity contribution in [3.8, 4) is 0 Å². The molecule has 2 aromatic carbocycles. The number of hydrogen-bond acceptors (Lipinski definition) is 4. The Bertz CT molecular complexity index is 1210. The Hall–Kier alpha value is -2.68. The normalized spacial score (nSPS) is 11.2. The molecule has 4 aromatic rings. The number of amides is 1. The molecule has 0 atom stereocenters. The molecule has 0 unspecified atom stereocenters. The van der Waals surface area contributed by atoms with Crippen LogP contribution in [-0.4, -0.2) is 15.5 Å². The van der Waals surface area contributed by atoms with Crippen molar-refractivity contribution in [2.45, 2.75) is 13.5 Å². The Balaban J connectivity index is 1.64. The lowest BCUT2D eigenvalue weighted by molar-refractivity contribution is -0.116. The largest absolute Gasteiger partial charge is 0.448 e. The standard InChI is InChI=1S/C19H14IN3O3/c1-11-8-12(20)6-7-14(11)22-16(24)9-23-10-21-17-13-4-2-3-5-15(13)26-18(17)19(23)25/h2-8,10H,9H2,1H3,(H,22,24). The Kier molecular flexibility index (Phi) is 4.23. The van der Waals surface area contributed by atoms with Gasteiger partial charge < -0.3 is 9.73 Å². The number of fused-ring (bicyclic) bond motifs is 3. The molecule has 0 spiro atoms. The molecule has 26 heavy (non-hydrogen) atoms. The van der Waals surface area contributed by atoms with Gasteiger partial charge in [-0.05, 0) is 65.4 Å². The monoisotopic (exact) mass is 459 g/mol. The second-order valence-corrected chi connectivity index (χ2v) is 7.21. The number of rotatable bonds is 3. The first-order chi connectivity index (χ1) is 12.5. The van der Waals surface area contributed by atoms with Gasteiger partial charge in [0, 0.05) is 14.6 Å². The maximum atomic E-state index is 12.6. The van der Waals surface area contributed by atoms with Crippen molar-refractivity contribution in [3.63, 3.8) is 0 Å². The molecule has 2 heterocycles. The van der Waals surface area contributed by atoms with Crippen LogP contribution in [0.5, 0.6) is 0 Å². The predicted octanol–water partition coefficient (Wildman–Crippen LogP) is 3.69. The van der Waals surface area contributed by atoms with Crippen molar-refractivity contribution in [2.24, 2.45) is 0 Å². The number of hydrogen-bond donors (Lipinski definition) is 1. The lowest BCUT2D eigenvalue weighted by atomic mass is 10.2. The third kappa shape index (κ3) is 2.98. The summed E-state index contributed by atoms with van der Waals surface area (Å²) in [6.45, 7) is 1.79. The predicted molar refractivity (Wildman–Crippen MR) is 108 cm³/mol. The summed E-state index contributed by atoms with van der Waals surface area (Å²) in [5.74, 6) is -0.298. The van der Waals surface area contributed by atoms with Crippen LogP contribution in [0.4, 0.5) is 5.69 Å². The zero-order valence-corrected chi connectivity index (χ0v) is 16.0. The van der Waals surface area contributed by atoms with Gasteiger partial charge in [0.05, 0.1) is 6.33 Å². The van der Waals surface area contributed by atoms with Gasteiger partial charge in [0.2, 0.25) is 11.5 Å². The summed E-state index contributed by atoms with van der Waals surface area (Å²) in [4.78, 5) is 29.3. The van der Waals surface area contributed by atoms with Crippen molar-refractivity contribution >= 4 is 56.3 Å². The molecule has 0 saturated carbocycles. The summed E-state index contributed by atoms with van der Waals surface area (Å²) >= 11 is 2.22. The fraction of sp³-hybridized carbons (Fsp3) is 0.105. The van der Waals surface area contributed by atoms with E-state index in [9.17, 15) is 9.59 Å². The van der Waals surface area contributed by atoms with Crippen LogP contribution in [0.2, 0.25) is 0 Å². The number of para-hydroxylation sites is 1. The summed E-state index contributed by atoms with van der Waals surface area (Å²) in [6, 6.07) is 13.1. The minimum absolute atomic E-state index is 0.135. The van der Waals surface area contributed by atoms with Gasteiger partial charge in [-0.15, -0.1) is 0 Å². The van der Waals surface area contributed by atoms with Crippen LogP contribution in [0, 0.1) is 10.5 Å². The molecule has 0 aliphatic heterocycles. The number of halogens is 1. The SMILES string of the molecule is Cc1cc(I)ccc1NC(=O)Cn1cnc2c(oc3ccccc32)c1=O. The topological polar surface area (TPSA) is 77.1 Å². The molecular weight excluding hydrogens is 445 g/mol. The number of carbonyl (C=O) groups excluding carboxylic acids is 1. The van der Waals surface area contributed by atoms with Crippen LogP contribution >= 0.6 is 22.6 Å². The molecule has 2 aromatic heterocycles. The molecule has 7 heteroatoms. The highest BCUT2D eigenvalue weighted by Crippen LogP contribution is 2.24. The molecule has 0 aliphatic carbocycles. The van der Waals surface area contributed by atoms with Crippen molar-refractivity contribution in [3.05, 3.63) is 68.3 Å². The molecular formula is C19H14IN3O3. The lowest BCUT2D eigenvalue weighted by Gasteiger charge is -2.09. The molecule has 0 aliphatic rings. The third-order valence-electron chi connectivity index (χ3n) is 4.13. The number of nitrogens with zero attached hydrogens (tertiary/aromatic N) is 2. The molecule has 130 valence electrons. The van der Waals surface area contributed by atoms with E-state index in [2.05, 4.69) is 32.9 Å². The fourth-order valence-electron chi connectivity index (χ4n) is 2.84. The van der Waals surface area contributed by atoms with E-state index in [0.29, 0.717) is 11.1 Å². The number of nitrogens with one attached hydrogen (secondary N) is 1. The van der Waals surface area contributed by atoms with Crippen molar-refractivity contribution in [1.29, 1.82) is 0 Å². The second-order valence-electron chi connectivity index (χ2n) is 5.96. The van der Waals surface area contributed by atoms with E-state index in [-0.39, 0.29) is 23.6 Å². The van der Waals surface area contributed by atoms with E-state index in [0.717, 1.165) is 20.2 Å². The molecule has 0 fully saturated rings. The Morgan fingerprint density at radius 2 is 2.08 bits per heavy atom. The number of aryl methyl sites for hydroxylation is 1. The van der Waals surface area contributed by atoms with Crippen LogP contribution in [-0.2, 0) is 11.3 Å². The van der Waals surface area contributed by atoms with E-state index in [4.69, 9.17) is 4.42 Å². The number of benzene rings is 2. The Labute approximate surface area is 162 Å². The average molecular weight is 459 g/mol. The van der Waals surface area contributed by atoms with Crippen molar-refractivity contribution < 1.29 is 9.21 Å².